The first-order valence-corrected chi connectivity index (χ1v) is 9.46. The van der Waals surface area contributed by atoms with Gasteiger partial charge in [-0.15, -0.1) is 24.0 Å². The Hall–Kier alpha value is -2.49. The predicted molar refractivity (Wildman–Crippen MR) is 131 cm³/mol. The fraction of sp³-hybridized carbons (Fsp3) is 0.364. The Morgan fingerprint density at radius 3 is 2.23 bits per heavy atom. The van der Waals surface area contributed by atoms with Gasteiger partial charge in [-0.3, -0.25) is 9.79 Å². The van der Waals surface area contributed by atoms with Crippen LogP contribution in [0.2, 0.25) is 0 Å². The third-order valence-corrected chi connectivity index (χ3v) is 4.65. The highest BCUT2D eigenvalue weighted by atomic mass is 127. The molecule has 1 amide bonds. The Labute approximate surface area is 195 Å². The van der Waals surface area contributed by atoms with E-state index in [2.05, 4.69) is 20.5 Å². The van der Waals surface area contributed by atoms with Crippen LogP contribution < -0.4 is 20.1 Å². The van der Waals surface area contributed by atoms with Crippen LogP contribution in [0, 0.1) is 0 Å². The van der Waals surface area contributed by atoms with E-state index in [1.807, 2.05) is 49.5 Å². The smallest absolute Gasteiger partial charge is 0.251 e. The summed E-state index contributed by atoms with van der Waals surface area (Å²) in [6, 6.07) is 13.5. The summed E-state index contributed by atoms with van der Waals surface area (Å²) < 4.78 is 10.7. The maximum absolute atomic E-state index is 11.6. The van der Waals surface area contributed by atoms with Gasteiger partial charge < -0.3 is 25.0 Å². The number of methoxy groups -OCH3 is 2. The number of aliphatic imine (C=N–C) groups is 1. The van der Waals surface area contributed by atoms with Crippen LogP contribution in [0.15, 0.2) is 47.5 Å². The van der Waals surface area contributed by atoms with Crippen molar-refractivity contribution in [3.05, 3.63) is 59.2 Å². The molecule has 30 heavy (non-hydrogen) atoms. The van der Waals surface area contributed by atoms with Gasteiger partial charge in [0.05, 0.1) is 14.2 Å². The third kappa shape index (κ3) is 7.08. The lowest BCUT2D eigenvalue weighted by molar-refractivity contribution is 0.0963. The summed E-state index contributed by atoms with van der Waals surface area (Å²) in [6.07, 6.45) is 0.846. The van der Waals surface area contributed by atoms with Gasteiger partial charge in [0.15, 0.2) is 17.5 Å². The first-order valence-electron chi connectivity index (χ1n) is 9.46. The second kappa shape index (κ2) is 12.9. The van der Waals surface area contributed by atoms with Crippen molar-refractivity contribution < 1.29 is 14.3 Å². The minimum absolute atomic E-state index is 0. The molecular formula is C22H31IN4O3. The Kier molecular flexibility index (Phi) is 11.0. The maximum Gasteiger partial charge on any atom is 0.251 e. The van der Waals surface area contributed by atoms with E-state index in [0.717, 1.165) is 41.6 Å². The van der Waals surface area contributed by atoms with Gasteiger partial charge in [0, 0.05) is 39.8 Å². The minimum Gasteiger partial charge on any atom is -0.493 e. The summed E-state index contributed by atoms with van der Waals surface area (Å²) in [5.74, 6) is 2.18. The van der Waals surface area contributed by atoms with E-state index >= 15 is 0 Å². The maximum atomic E-state index is 11.6. The Balaban J connectivity index is 0.00000450. The molecule has 0 saturated heterocycles. The van der Waals surface area contributed by atoms with Gasteiger partial charge in [-0.1, -0.05) is 18.2 Å². The van der Waals surface area contributed by atoms with Crippen LogP contribution >= 0.6 is 24.0 Å². The van der Waals surface area contributed by atoms with E-state index in [4.69, 9.17) is 9.47 Å². The van der Waals surface area contributed by atoms with Crippen LogP contribution in [0.1, 0.15) is 21.5 Å². The topological polar surface area (TPSA) is 75.2 Å². The molecule has 0 fully saturated rings. The number of likely N-dealkylation sites (N-methyl/N-ethyl adjacent to an activating group) is 1. The molecule has 2 aromatic rings. The minimum atomic E-state index is -0.0878. The zero-order valence-electron chi connectivity index (χ0n) is 18.2. The summed E-state index contributed by atoms with van der Waals surface area (Å²) in [6.45, 7) is 1.42. The first-order chi connectivity index (χ1) is 14.0. The molecule has 2 N–H and O–H groups in total. The number of benzene rings is 2. The molecule has 0 saturated carbocycles. The summed E-state index contributed by atoms with van der Waals surface area (Å²) in [7, 11) is 8.67. The van der Waals surface area contributed by atoms with Crippen molar-refractivity contribution in [3.63, 3.8) is 0 Å². The van der Waals surface area contributed by atoms with E-state index in [1.165, 1.54) is 0 Å². The van der Waals surface area contributed by atoms with Gasteiger partial charge in [0.25, 0.3) is 5.91 Å². The number of hydrogen-bond acceptors (Lipinski definition) is 4. The van der Waals surface area contributed by atoms with Crippen molar-refractivity contribution in [1.29, 1.82) is 0 Å². The molecule has 0 atom stereocenters. The number of ether oxygens (including phenoxy) is 2. The average molecular weight is 526 g/mol. The van der Waals surface area contributed by atoms with Crippen molar-refractivity contribution in [2.24, 2.45) is 4.99 Å². The van der Waals surface area contributed by atoms with Gasteiger partial charge in [-0.25, -0.2) is 0 Å². The zero-order valence-corrected chi connectivity index (χ0v) is 20.5. The number of carbonyl (C=O) groups excluding carboxylic acids is 1. The number of halogens is 1. The second-order valence-electron chi connectivity index (χ2n) is 6.54. The molecule has 0 aliphatic carbocycles. The molecular weight excluding hydrogens is 495 g/mol. The number of nitrogens with zero attached hydrogens (tertiary/aromatic N) is 2. The Morgan fingerprint density at radius 1 is 1.03 bits per heavy atom. The molecule has 0 radical (unpaired) electrons. The first kappa shape index (κ1) is 25.5. The molecule has 0 unspecified atom stereocenters. The highest BCUT2D eigenvalue weighted by molar-refractivity contribution is 14.0. The van der Waals surface area contributed by atoms with Crippen LogP contribution in [-0.2, 0) is 13.0 Å². The van der Waals surface area contributed by atoms with Crippen molar-refractivity contribution in [2.45, 2.75) is 13.0 Å². The van der Waals surface area contributed by atoms with Crippen molar-refractivity contribution in [3.8, 4) is 11.5 Å². The molecule has 8 heteroatoms. The molecule has 0 bridgehead atoms. The van der Waals surface area contributed by atoms with Gasteiger partial charge in [0.1, 0.15) is 0 Å². The molecule has 0 aliphatic rings. The lowest BCUT2D eigenvalue weighted by Crippen LogP contribution is -2.39. The fourth-order valence-electron chi connectivity index (χ4n) is 2.92. The van der Waals surface area contributed by atoms with Crippen molar-refractivity contribution in [1.82, 2.24) is 15.5 Å². The normalized spacial score (nSPS) is 10.6. The molecule has 164 valence electrons. The number of hydrogen-bond donors (Lipinski definition) is 2. The summed E-state index contributed by atoms with van der Waals surface area (Å²) >= 11 is 0. The SMILES string of the molecule is CN=C(NCc1ccc(C(=O)NC)cc1)N(C)CCc1ccc(OC)c(OC)c1.I. The summed E-state index contributed by atoms with van der Waals surface area (Å²) in [5, 5.41) is 5.98. The third-order valence-electron chi connectivity index (χ3n) is 4.65. The van der Waals surface area contributed by atoms with E-state index in [-0.39, 0.29) is 29.9 Å². The van der Waals surface area contributed by atoms with Gasteiger partial charge >= 0.3 is 0 Å². The lowest BCUT2D eigenvalue weighted by atomic mass is 10.1. The number of nitrogens with one attached hydrogen (secondary N) is 2. The fourth-order valence-corrected chi connectivity index (χ4v) is 2.92. The van der Waals surface area contributed by atoms with Crippen molar-refractivity contribution >= 4 is 35.8 Å². The molecule has 7 nitrogen and oxygen atoms in total. The lowest BCUT2D eigenvalue weighted by Gasteiger charge is -2.22. The monoisotopic (exact) mass is 526 g/mol. The Morgan fingerprint density at radius 2 is 1.67 bits per heavy atom. The molecule has 2 aromatic carbocycles. The predicted octanol–water partition coefficient (Wildman–Crippen LogP) is 2.93. The standard InChI is InChI=1S/C22H30N4O3.HI/c1-23-21(27)18-9-6-17(7-10-18)15-25-22(24-2)26(3)13-12-16-8-11-19(28-4)20(14-16)29-5;/h6-11,14H,12-13,15H2,1-5H3,(H,23,27)(H,24,25);1H. The second-order valence-corrected chi connectivity index (χ2v) is 6.54. The number of amides is 1. The summed E-state index contributed by atoms with van der Waals surface area (Å²) in [5.41, 5.74) is 2.88. The van der Waals surface area contributed by atoms with E-state index in [0.29, 0.717) is 12.1 Å². The highest BCUT2D eigenvalue weighted by Crippen LogP contribution is 2.27. The van der Waals surface area contributed by atoms with Crippen LogP contribution in [0.5, 0.6) is 11.5 Å². The van der Waals surface area contributed by atoms with Crippen LogP contribution in [0.4, 0.5) is 0 Å². The highest BCUT2D eigenvalue weighted by Gasteiger charge is 2.09. The van der Waals surface area contributed by atoms with E-state index < -0.39 is 0 Å². The number of carbonyl (C=O) groups is 1. The number of rotatable bonds is 8. The quantitative estimate of drug-likeness (QED) is 0.315. The van der Waals surface area contributed by atoms with Gasteiger partial charge in [0.2, 0.25) is 0 Å². The van der Waals surface area contributed by atoms with E-state index in [9.17, 15) is 4.79 Å². The molecule has 0 heterocycles. The van der Waals surface area contributed by atoms with Crippen LogP contribution in [0.25, 0.3) is 0 Å². The molecule has 0 aliphatic heterocycles. The number of guanidine groups is 1. The van der Waals surface area contributed by atoms with Crippen LogP contribution in [0.3, 0.4) is 0 Å². The summed E-state index contributed by atoms with van der Waals surface area (Å²) in [4.78, 5) is 18.1. The van der Waals surface area contributed by atoms with Gasteiger partial charge in [-0.2, -0.15) is 0 Å². The van der Waals surface area contributed by atoms with Crippen molar-refractivity contribution in [2.75, 3.05) is 41.9 Å². The Bertz CT molecular complexity index is 841. The largest absolute Gasteiger partial charge is 0.493 e. The molecule has 2 rings (SSSR count). The zero-order chi connectivity index (χ0) is 21.2. The van der Waals surface area contributed by atoms with Crippen LogP contribution in [-0.4, -0.2) is 58.7 Å². The molecule has 0 aromatic heterocycles. The average Bonchev–Trinajstić information content (AvgIpc) is 2.77. The van der Waals surface area contributed by atoms with E-state index in [1.54, 1.807) is 28.3 Å². The molecule has 0 spiro atoms. The van der Waals surface area contributed by atoms with Gasteiger partial charge in [-0.05, 0) is 41.8 Å².